The third-order valence-electron chi connectivity index (χ3n) is 4.07. The summed E-state index contributed by atoms with van der Waals surface area (Å²) < 4.78 is 16.4. The van der Waals surface area contributed by atoms with Crippen LogP contribution >= 0.6 is 0 Å². The second-order valence-corrected chi connectivity index (χ2v) is 5.69. The van der Waals surface area contributed by atoms with Crippen LogP contribution in [-0.4, -0.2) is 39.5 Å². The minimum absolute atomic E-state index is 0.0748. The Morgan fingerprint density at radius 2 is 2.10 bits per heavy atom. The SMILES string of the molecule is COc1ccc(C(CN)NCC2(C)CCCO2)cc1OC. The fourth-order valence-electron chi connectivity index (χ4n) is 2.72. The lowest BCUT2D eigenvalue weighted by Crippen LogP contribution is -2.41. The first-order valence-corrected chi connectivity index (χ1v) is 7.41. The Kier molecular flexibility index (Phi) is 5.45. The van der Waals surface area contributed by atoms with Crippen LogP contribution < -0.4 is 20.5 Å². The van der Waals surface area contributed by atoms with E-state index >= 15 is 0 Å². The molecule has 1 fully saturated rings. The summed E-state index contributed by atoms with van der Waals surface area (Å²) in [4.78, 5) is 0. The molecular formula is C16H26N2O3. The molecule has 0 aliphatic carbocycles. The summed E-state index contributed by atoms with van der Waals surface area (Å²) in [5, 5.41) is 3.51. The first kappa shape index (κ1) is 16.1. The minimum atomic E-state index is -0.0794. The normalized spacial score (nSPS) is 23.0. The number of rotatable bonds is 7. The molecule has 3 N–H and O–H groups in total. The van der Waals surface area contributed by atoms with Crippen molar-refractivity contribution in [3.63, 3.8) is 0 Å². The molecule has 0 aromatic heterocycles. The lowest BCUT2D eigenvalue weighted by atomic mass is 10.0. The average molecular weight is 294 g/mol. The number of nitrogens with two attached hydrogens (primary N) is 1. The molecule has 1 aromatic rings. The van der Waals surface area contributed by atoms with Crippen LogP contribution in [0.3, 0.4) is 0 Å². The maximum Gasteiger partial charge on any atom is 0.161 e. The molecule has 2 unspecified atom stereocenters. The van der Waals surface area contributed by atoms with Gasteiger partial charge in [0.15, 0.2) is 11.5 Å². The van der Waals surface area contributed by atoms with E-state index in [1.165, 1.54) is 0 Å². The van der Waals surface area contributed by atoms with Crippen molar-refractivity contribution in [1.82, 2.24) is 5.32 Å². The molecule has 0 spiro atoms. The van der Waals surface area contributed by atoms with E-state index in [0.717, 1.165) is 43.1 Å². The summed E-state index contributed by atoms with van der Waals surface area (Å²) in [5.74, 6) is 1.45. The molecule has 1 aliphatic heterocycles. The van der Waals surface area contributed by atoms with E-state index in [2.05, 4.69) is 12.2 Å². The molecule has 21 heavy (non-hydrogen) atoms. The molecule has 2 atom stereocenters. The average Bonchev–Trinajstić information content (AvgIpc) is 2.94. The molecule has 0 radical (unpaired) electrons. The van der Waals surface area contributed by atoms with Crippen molar-refractivity contribution in [2.24, 2.45) is 5.73 Å². The van der Waals surface area contributed by atoms with E-state index in [1.807, 2.05) is 18.2 Å². The van der Waals surface area contributed by atoms with Crippen LogP contribution in [0.1, 0.15) is 31.4 Å². The second-order valence-electron chi connectivity index (χ2n) is 5.69. The first-order valence-electron chi connectivity index (χ1n) is 7.41. The second kappa shape index (κ2) is 7.11. The van der Waals surface area contributed by atoms with E-state index in [0.29, 0.717) is 6.54 Å². The molecule has 1 saturated heterocycles. The summed E-state index contributed by atoms with van der Waals surface area (Å²) in [6.45, 7) is 4.31. The van der Waals surface area contributed by atoms with E-state index in [9.17, 15) is 0 Å². The number of ether oxygens (including phenoxy) is 3. The molecule has 1 aromatic carbocycles. The molecule has 1 aliphatic rings. The third kappa shape index (κ3) is 3.87. The van der Waals surface area contributed by atoms with Gasteiger partial charge >= 0.3 is 0 Å². The van der Waals surface area contributed by atoms with Gasteiger partial charge in [-0.05, 0) is 37.5 Å². The molecule has 5 nitrogen and oxygen atoms in total. The van der Waals surface area contributed by atoms with E-state index < -0.39 is 0 Å². The van der Waals surface area contributed by atoms with Gasteiger partial charge in [0, 0.05) is 25.7 Å². The minimum Gasteiger partial charge on any atom is -0.493 e. The highest BCUT2D eigenvalue weighted by Gasteiger charge is 2.30. The summed E-state index contributed by atoms with van der Waals surface area (Å²) >= 11 is 0. The molecule has 1 heterocycles. The molecule has 5 heteroatoms. The predicted molar refractivity (Wildman–Crippen MR) is 82.9 cm³/mol. The molecule has 0 amide bonds. The topological polar surface area (TPSA) is 65.7 Å². The third-order valence-corrected chi connectivity index (χ3v) is 4.07. The van der Waals surface area contributed by atoms with Gasteiger partial charge in [-0.2, -0.15) is 0 Å². The van der Waals surface area contributed by atoms with Gasteiger partial charge in [0.2, 0.25) is 0 Å². The zero-order valence-corrected chi connectivity index (χ0v) is 13.1. The predicted octanol–water partition coefficient (Wildman–Crippen LogP) is 1.86. The van der Waals surface area contributed by atoms with Crippen LogP contribution in [0.5, 0.6) is 11.5 Å². The number of hydrogen-bond acceptors (Lipinski definition) is 5. The molecular weight excluding hydrogens is 268 g/mol. The monoisotopic (exact) mass is 294 g/mol. The van der Waals surface area contributed by atoms with Gasteiger partial charge < -0.3 is 25.3 Å². The van der Waals surface area contributed by atoms with Crippen LogP contribution in [0.4, 0.5) is 0 Å². The van der Waals surface area contributed by atoms with Gasteiger partial charge in [-0.15, -0.1) is 0 Å². The lowest BCUT2D eigenvalue weighted by Gasteiger charge is -2.27. The van der Waals surface area contributed by atoms with Crippen molar-refractivity contribution in [2.75, 3.05) is 33.9 Å². The molecule has 2 rings (SSSR count). The standard InChI is InChI=1S/C16H26N2O3/c1-16(7-4-8-21-16)11-18-13(10-17)12-5-6-14(19-2)15(9-12)20-3/h5-6,9,13,18H,4,7-8,10-11,17H2,1-3H3. The van der Waals surface area contributed by atoms with Gasteiger partial charge in [0.25, 0.3) is 0 Å². The Balaban J connectivity index is 2.06. The Hall–Kier alpha value is -1.30. The smallest absolute Gasteiger partial charge is 0.161 e. The summed E-state index contributed by atoms with van der Waals surface area (Å²) in [7, 11) is 3.27. The fourth-order valence-corrected chi connectivity index (χ4v) is 2.72. The first-order chi connectivity index (χ1) is 10.1. The number of hydrogen-bond donors (Lipinski definition) is 2. The largest absolute Gasteiger partial charge is 0.493 e. The van der Waals surface area contributed by atoms with Crippen LogP contribution in [0.25, 0.3) is 0 Å². The fraction of sp³-hybridized carbons (Fsp3) is 0.625. The zero-order chi connectivity index (χ0) is 15.3. The Morgan fingerprint density at radius 3 is 2.67 bits per heavy atom. The quantitative estimate of drug-likeness (QED) is 0.803. The van der Waals surface area contributed by atoms with Crippen molar-refractivity contribution in [3.8, 4) is 11.5 Å². The molecule has 118 valence electrons. The van der Waals surface area contributed by atoms with E-state index in [4.69, 9.17) is 19.9 Å². The lowest BCUT2D eigenvalue weighted by molar-refractivity contribution is 0.0189. The number of benzene rings is 1. The summed E-state index contributed by atoms with van der Waals surface area (Å²) in [6.07, 6.45) is 2.21. The van der Waals surface area contributed by atoms with Crippen molar-refractivity contribution < 1.29 is 14.2 Å². The van der Waals surface area contributed by atoms with Gasteiger partial charge in [-0.1, -0.05) is 6.07 Å². The van der Waals surface area contributed by atoms with Crippen LogP contribution in [0.15, 0.2) is 18.2 Å². The van der Waals surface area contributed by atoms with Gasteiger partial charge in [0.1, 0.15) is 0 Å². The Morgan fingerprint density at radius 1 is 1.33 bits per heavy atom. The number of methoxy groups -OCH3 is 2. The van der Waals surface area contributed by atoms with E-state index in [-0.39, 0.29) is 11.6 Å². The maximum atomic E-state index is 5.92. The highest BCUT2D eigenvalue weighted by molar-refractivity contribution is 5.43. The summed E-state index contributed by atoms with van der Waals surface area (Å²) in [6, 6.07) is 5.97. The Labute approximate surface area is 126 Å². The maximum absolute atomic E-state index is 5.92. The van der Waals surface area contributed by atoms with Crippen molar-refractivity contribution in [1.29, 1.82) is 0 Å². The van der Waals surface area contributed by atoms with Crippen LogP contribution in [0.2, 0.25) is 0 Å². The molecule has 0 saturated carbocycles. The Bertz CT molecular complexity index is 459. The van der Waals surface area contributed by atoms with Crippen LogP contribution in [0, 0.1) is 0 Å². The van der Waals surface area contributed by atoms with Gasteiger partial charge in [0.05, 0.1) is 19.8 Å². The van der Waals surface area contributed by atoms with Crippen molar-refractivity contribution >= 4 is 0 Å². The zero-order valence-electron chi connectivity index (χ0n) is 13.1. The van der Waals surface area contributed by atoms with E-state index in [1.54, 1.807) is 14.2 Å². The highest BCUT2D eigenvalue weighted by Crippen LogP contribution is 2.30. The van der Waals surface area contributed by atoms with Crippen LogP contribution in [-0.2, 0) is 4.74 Å². The number of nitrogens with one attached hydrogen (secondary N) is 1. The van der Waals surface area contributed by atoms with Gasteiger partial charge in [-0.25, -0.2) is 0 Å². The molecule has 0 bridgehead atoms. The highest BCUT2D eigenvalue weighted by atomic mass is 16.5. The van der Waals surface area contributed by atoms with Gasteiger partial charge in [-0.3, -0.25) is 0 Å². The van der Waals surface area contributed by atoms with Crippen molar-refractivity contribution in [2.45, 2.75) is 31.4 Å². The van der Waals surface area contributed by atoms with Crippen molar-refractivity contribution in [3.05, 3.63) is 23.8 Å². The summed E-state index contributed by atoms with van der Waals surface area (Å²) in [5.41, 5.74) is 6.93.